The fraction of sp³-hybridized carbons (Fsp3) is 0.118. The highest BCUT2D eigenvalue weighted by Crippen LogP contribution is 2.34. The lowest BCUT2D eigenvalue weighted by Crippen LogP contribution is -2.08. The van der Waals surface area contributed by atoms with Gasteiger partial charge in [-0.1, -0.05) is 18.2 Å². The number of rotatable bonds is 3. The molecule has 0 aliphatic heterocycles. The number of aromatic nitrogens is 2. The topological polar surface area (TPSA) is 107 Å². The van der Waals surface area contributed by atoms with E-state index >= 15 is 0 Å². The molecule has 3 N–H and O–H groups in total. The van der Waals surface area contributed by atoms with Crippen LogP contribution in [0.5, 0.6) is 5.75 Å². The molecule has 3 rings (SSSR count). The number of hydrogen-bond donors (Lipinski definition) is 2. The van der Waals surface area contributed by atoms with Gasteiger partial charge in [-0.25, -0.2) is 14.2 Å². The number of ether oxygens (including phenoxy) is 1. The van der Waals surface area contributed by atoms with Crippen LogP contribution in [0, 0.1) is 5.82 Å². The van der Waals surface area contributed by atoms with Crippen molar-refractivity contribution in [2.24, 2.45) is 5.14 Å². The average molecular weight is 433 g/mol. The number of para-hydroxylation sites is 1. The molecule has 0 fully saturated rings. The predicted octanol–water partition coefficient (Wildman–Crippen LogP) is 3.45. The summed E-state index contributed by atoms with van der Waals surface area (Å²) in [5.74, 6) is -0.648. The van der Waals surface area contributed by atoms with Crippen LogP contribution in [0.15, 0.2) is 54.6 Å². The minimum absolute atomic E-state index is 0.0144. The first kappa shape index (κ1) is 22.3. The molecule has 0 bridgehead atoms. The number of halogens is 4. The summed E-state index contributed by atoms with van der Waals surface area (Å²) in [6.45, 7) is 0. The zero-order valence-corrected chi connectivity index (χ0v) is 15.6. The van der Waals surface area contributed by atoms with Crippen molar-refractivity contribution < 1.29 is 35.3 Å². The van der Waals surface area contributed by atoms with Gasteiger partial charge in [-0.2, -0.15) is 26.7 Å². The number of alkyl halides is 3. The molecule has 0 amide bonds. The van der Waals surface area contributed by atoms with Gasteiger partial charge in [0.15, 0.2) is 17.3 Å². The maximum Gasteiger partial charge on any atom is 0.435 e. The number of nitrogens with two attached hydrogens (primary N) is 1. The van der Waals surface area contributed by atoms with E-state index in [1.165, 1.54) is 19.2 Å². The van der Waals surface area contributed by atoms with Crippen molar-refractivity contribution in [1.29, 1.82) is 0 Å². The standard InChI is InChI=1S/C17H12F4N2O.H3NO3S/c1-24-15-8-7-11(9-13(15)18)14-10-16(17(19,20)21)22-23(14)12-5-3-2-4-6-12;1-5(2,3)4/h2-10H,1H3;(H3,1,2,3,4). The minimum Gasteiger partial charge on any atom is -0.494 e. The number of nitrogens with zero attached hydrogens (tertiary/aromatic N) is 2. The van der Waals surface area contributed by atoms with Crippen molar-refractivity contribution in [3.05, 3.63) is 66.1 Å². The first-order valence-corrected chi connectivity index (χ1v) is 9.22. The summed E-state index contributed by atoms with van der Waals surface area (Å²) in [7, 11) is -2.85. The normalized spacial score (nSPS) is 11.6. The molecule has 1 heterocycles. The molecule has 3 aromatic rings. The maximum atomic E-state index is 13.9. The molecule has 0 saturated heterocycles. The fourth-order valence-corrected chi connectivity index (χ4v) is 2.32. The highest BCUT2D eigenvalue weighted by Gasteiger charge is 2.35. The number of methoxy groups -OCH3 is 1. The van der Waals surface area contributed by atoms with E-state index in [1.807, 2.05) is 0 Å². The summed E-state index contributed by atoms with van der Waals surface area (Å²) in [4.78, 5) is 0. The molecule has 29 heavy (non-hydrogen) atoms. The van der Waals surface area contributed by atoms with E-state index < -0.39 is 28.0 Å². The van der Waals surface area contributed by atoms with E-state index in [9.17, 15) is 17.6 Å². The van der Waals surface area contributed by atoms with E-state index in [-0.39, 0.29) is 17.0 Å². The predicted molar refractivity (Wildman–Crippen MR) is 96.2 cm³/mol. The lowest BCUT2D eigenvalue weighted by Gasteiger charge is -2.09. The Hall–Kier alpha value is -2.96. The summed E-state index contributed by atoms with van der Waals surface area (Å²) in [6, 6.07) is 13.2. The maximum absolute atomic E-state index is 13.9. The van der Waals surface area contributed by atoms with E-state index in [2.05, 4.69) is 10.2 Å². The molecule has 1 aromatic heterocycles. The van der Waals surface area contributed by atoms with Crippen LogP contribution in [0.4, 0.5) is 17.6 Å². The molecule has 12 heteroatoms. The van der Waals surface area contributed by atoms with Gasteiger partial charge in [0.2, 0.25) is 0 Å². The van der Waals surface area contributed by atoms with Crippen LogP contribution >= 0.6 is 0 Å². The van der Waals surface area contributed by atoms with Crippen LogP contribution < -0.4 is 9.88 Å². The Kier molecular flexibility index (Phi) is 6.62. The SMILES string of the molecule is COc1ccc(-c2cc(C(F)(F)F)nn2-c2ccccc2)cc1F.NS(=O)(=O)O. The lowest BCUT2D eigenvalue weighted by molar-refractivity contribution is -0.141. The van der Waals surface area contributed by atoms with Gasteiger partial charge in [0, 0.05) is 5.56 Å². The molecule has 7 nitrogen and oxygen atoms in total. The van der Waals surface area contributed by atoms with Gasteiger partial charge >= 0.3 is 16.5 Å². The summed E-state index contributed by atoms with van der Waals surface area (Å²) in [5, 5.41) is 7.52. The third-order valence-corrected chi connectivity index (χ3v) is 3.45. The molecule has 0 aliphatic carbocycles. The van der Waals surface area contributed by atoms with Crippen LogP contribution in [0.3, 0.4) is 0 Å². The molecular weight excluding hydrogens is 418 g/mol. The number of benzene rings is 2. The first-order valence-electron chi connectivity index (χ1n) is 7.72. The molecule has 0 atom stereocenters. The first-order chi connectivity index (χ1) is 13.4. The zero-order valence-electron chi connectivity index (χ0n) is 14.8. The molecule has 0 unspecified atom stereocenters. The van der Waals surface area contributed by atoms with Crippen LogP contribution in [-0.4, -0.2) is 29.9 Å². The molecule has 156 valence electrons. The second kappa shape index (κ2) is 8.59. The molecule has 0 radical (unpaired) electrons. The van der Waals surface area contributed by atoms with Crippen LogP contribution in [0.2, 0.25) is 0 Å². The second-order valence-corrected chi connectivity index (χ2v) is 6.55. The van der Waals surface area contributed by atoms with Gasteiger partial charge < -0.3 is 4.74 Å². The molecule has 0 spiro atoms. The Labute approximate surface area is 163 Å². The Bertz CT molecular complexity index is 1080. The quantitative estimate of drug-likeness (QED) is 0.486. The van der Waals surface area contributed by atoms with Crippen LogP contribution in [-0.2, 0) is 16.5 Å². The summed E-state index contributed by atoms with van der Waals surface area (Å²) < 4.78 is 84.2. The van der Waals surface area contributed by atoms with Crippen molar-refractivity contribution in [2.75, 3.05) is 7.11 Å². The summed E-state index contributed by atoms with van der Waals surface area (Å²) in [5.41, 5.74) is -0.202. The van der Waals surface area contributed by atoms with Crippen molar-refractivity contribution in [3.8, 4) is 22.7 Å². The van der Waals surface area contributed by atoms with Gasteiger partial charge in [0.05, 0.1) is 18.5 Å². The zero-order chi connectivity index (χ0) is 21.8. The van der Waals surface area contributed by atoms with E-state index in [0.29, 0.717) is 5.69 Å². The van der Waals surface area contributed by atoms with Crippen molar-refractivity contribution in [1.82, 2.24) is 9.78 Å². The molecule has 0 saturated carbocycles. The highest BCUT2D eigenvalue weighted by atomic mass is 32.2. The third kappa shape index (κ3) is 6.27. The van der Waals surface area contributed by atoms with Gasteiger partial charge in [0.1, 0.15) is 0 Å². The van der Waals surface area contributed by atoms with Gasteiger partial charge in [0.25, 0.3) is 0 Å². The lowest BCUT2D eigenvalue weighted by atomic mass is 10.1. The number of hydrogen-bond acceptors (Lipinski definition) is 4. The van der Waals surface area contributed by atoms with Crippen molar-refractivity contribution in [3.63, 3.8) is 0 Å². The Morgan fingerprint density at radius 1 is 1.10 bits per heavy atom. The highest BCUT2D eigenvalue weighted by molar-refractivity contribution is 7.83. The average Bonchev–Trinajstić information content (AvgIpc) is 3.07. The Morgan fingerprint density at radius 2 is 1.69 bits per heavy atom. The third-order valence-electron chi connectivity index (χ3n) is 3.45. The molecule has 2 aromatic carbocycles. The van der Waals surface area contributed by atoms with Crippen molar-refractivity contribution in [2.45, 2.75) is 6.18 Å². The van der Waals surface area contributed by atoms with E-state index in [4.69, 9.17) is 17.7 Å². The van der Waals surface area contributed by atoms with E-state index in [1.54, 1.807) is 30.3 Å². The summed E-state index contributed by atoms with van der Waals surface area (Å²) >= 11 is 0. The van der Waals surface area contributed by atoms with Crippen LogP contribution in [0.25, 0.3) is 16.9 Å². The Morgan fingerprint density at radius 3 is 2.17 bits per heavy atom. The Balaban J connectivity index is 0.000000537. The van der Waals surface area contributed by atoms with Crippen molar-refractivity contribution >= 4 is 10.3 Å². The summed E-state index contributed by atoms with van der Waals surface area (Å²) in [6.07, 6.45) is -4.60. The fourth-order valence-electron chi connectivity index (χ4n) is 2.32. The monoisotopic (exact) mass is 433 g/mol. The molecule has 0 aliphatic rings. The minimum atomic E-state index is -4.60. The van der Waals surface area contributed by atoms with Crippen LogP contribution in [0.1, 0.15) is 5.69 Å². The smallest absolute Gasteiger partial charge is 0.435 e. The largest absolute Gasteiger partial charge is 0.494 e. The van der Waals surface area contributed by atoms with Gasteiger partial charge in [-0.15, -0.1) is 0 Å². The van der Waals surface area contributed by atoms with Gasteiger partial charge in [-0.3, -0.25) is 4.55 Å². The van der Waals surface area contributed by atoms with E-state index in [0.717, 1.165) is 16.8 Å². The molecular formula is C17H15F4N3O4S. The van der Waals surface area contributed by atoms with Gasteiger partial charge in [-0.05, 0) is 36.4 Å². The second-order valence-electron chi connectivity index (χ2n) is 5.52.